The Hall–Kier alpha value is -11.4. The van der Waals surface area contributed by atoms with Gasteiger partial charge < -0.3 is 27.9 Å². The van der Waals surface area contributed by atoms with Gasteiger partial charge in [-0.1, -0.05) is 198 Å². The second-order valence-corrected chi connectivity index (χ2v) is 17.6. The van der Waals surface area contributed by atoms with E-state index in [-0.39, 0.29) is 0 Å². The van der Waals surface area contributed by atoms with E-state index in [0.29, 0.717) is 17.3 Å². The molecule has 0 fully saturated rings. The number of nitrogens with zero attached hydrogens (tertiary/aromatic N) is 18. The van der Waals surface area contributed by atoms with Gasteiger partial charge in [-0.15, -0.1) is 0 Å². The fourth-order valence-corrected chi connectivity index (χ4v) is 8.62. The Morgan fingerprint density at radius 3 is 1.04 bits per heavy atom. The molecule has 0 amide bonds. The fourth-order valence-electron chi connectivity index (χ4n) is 8.62. The van der Waals surface area contributed by atoms with Crippen LogP contribution in [0.3, 0.4) is 0 Å². The highest BCUT2D eigenvalue weighted by Crippen LogP contribution is 2.31. The number of para-hydroxylation sites is 1. The van der Waals surface area contributed by atoms with E-state index in [0.717, 1.165) is 85.9 Å². The third-order valence-electron chi connectivity index (χ3n) is 12.4. The maximum Gasteiger partial charge on any atom is 0.681 e. The van der Waals surface area contributed by atoms with E-state index in [4.69, 9.17) is 27.9 Å². The Balaban J connectivity index is 0.000000613. The number of pyridine rings is 4. The van der Waals surface area contributed by atoms with E-state index in [9.17, 15) is 0 Å². The Morgan fingerprint density at radius 1 is 0.222 bits per heavy atom. The number of hydrogen-bond acceptors (Lipinski definition) is 18. The van der Waals surface area contributed by atoms with Crippen LogP contribution in [-0.4, -0.2) is 106 Å². The minimum atomic E-state index is 0.603. The lowest BCUT2D eigenvalue weighted by atomic mass is 10.1. The molecule has 6 aliphatic heterocycles. The van der Waals surface area contributed by atoms with Crippen molar-refractivity contribution in [3.8, 4) is 103 Å². The second kappa shape index (κ2) is 58.8. The third-order valence-corrected chi connectivity index (χ3v) is 12.4. The van der Waals surface area contributed by atoms with Crippen LogP contribution in [0, 0.1) is 0 Å². The zero-order valence-corrected chi connectivity index (χ0v) is 67.7. The molecule has 0 unspecified atom stereocenters. The molecule has 11 aromatic heterocycles. The molecule has 0 saturated heterocycles. The second-order valence-electron chi connectivity index (χ2n) is 17.6. The molecular formula is C78H108B6N18O6+6. The molecule has 0 saturated carbocycles. The topological polar surface area (TPSA) is 233 Å². The van der Waals surface area contributed by atoms with E-state index < -0.39 is 0 Å². The summed E-state index contributed by atoms with van der Waals surface area (Å²) in [5.74, 6) is 9.40. The van der Waals surface area contributed by atoms with Crippen LogP contribution in [0.4, 0.5) is 0 Å². The molecule has 12 aromatic rings. The van der Waals surface area contributed by atoms with Crippen molar-refractivity contribution in [1.29, 1.82) is 0 Å². The molecule has 18 rings (SSSR count). The van der Waals surface area contributed by atoms with Crippen molar-refractivity contribution in [3.05, 3.63) is 221 Å². The van der Waals surface area contributed by atoms with Gasteiger partial charge in [0.15, 0.2) is 17.1 Å². The van der Waals surface area contributed by atoms with Gasteiger partial charge in [0.25, 0.3) is 0 Å². The average molecular weight is 1460 g/mol. The van der Waals surface area contributed by atoms with Crippen LogP contribution in [0.15, 0.2) is 221 Å². The van der Waals surface area contributed by atoms with Crippen molar-refractivity contribution < 1.29 is 54.8 Å². The van der Waals surface area contributed by atoms with Gasteiger partial charge in [-0.25, -0.2) is 19.9 Å². The molecule has 0 bridgehead atoms. The Kier molecular flexibility index (Phi) is 51.5. The fraction of sp³-hybridized carbons (Fsp3) is 0.308. The molecule has 30 heteroatoms. The minimum absolute atomic E-state index is 0.603. The molecule has 0 aliphatic carbocycles. The van der Waals surface area contributed by atoms with Gasteiger partial charge in [0.2, 0.25) is 5.88 Å². The monoisotopic (exact) mass is 1460 g/mol. The normalized spacial score (nSPS) is 10.0. The van der Waals surface area contributed by atoms with Crippen LogP contribution >= 0.6 is 0 Å². The summed E-state index contributed by atoms with van der Waals surface area (Å²) in [6.07, 6.45) is 35.2. The summed E-state index contributed by atoms with van der Waals surface area (Å²) in [7, 11) is 9.69. The number of rotatable bonds is 0. The Bertz CT molecular complexity index is 3380. The van der Waals surface area contributed by atoms with E-state index in [1.54, 1.807) is 135 Å². The molecule has 6 aliphatic rings. The number of benzene rings is 1. The average Bonchev–Trinajstić information content (AvgIpc) is 0.846. The summed E-state index contributed by atoms with van der Waals surface area (Å²) in [4.78, 5) is 50.0. The first-order valence-corrected chi connectivity index (χ1v) is 37.6. The molecule has 108 heavy (non-hydrogen) atoms. The van der Waals surface area contributed by atoms with E-state index >= 15 is 0 Å². The van der Waals surface area contributed by atoms with Crippen molar-refractivity contribution in [1.82, 2.24) is 59.8 Å². The molecular weight excluding hydrogens is 1350 g/mol. The zero-order valence-electron chi connectivity index (χ0n) is 67.7. The highest BCUT2D eigenvalue weighted by molar-refractivity contribution is 6.20. The molecule has 0 spiro atoms. The zero-order chi connectivity index (χ0) is 80.3. The summed E-state index contributed by atoms with van der Waals surface area (Å²) in [6.45, 7) is 48.0. The van der Waals surface area contributed by atoms with Crippen molar-refractivity contribution >= 4 is 45.7 Å². The van der Waals surface area contributed by atoms with Crippen LogP contribution < -0.4 is 54.8 Å². The molecule has 0 atom stereocenters. The first-order chi connectivity index (χ1) is 53.7. The standard InChI is InChI=1S/C10H7BN2O.4C9H6BN3O.C8H5BN4O.12C2H6/c1-2-5-9-8(4-1)10-12-6-3-7-13(10)11-14-9;1-3-12-9-7-6-11-4-2-8(7)14-10-13(9)5-1;1-3-12-9-7-2-4-11-6-8(7)14-10-13(9)5-1;1-3-7-8(11-4-1)9-12-5-2-6-13(9)10-14-7;1-3-7-8-11-5-2-6-13(8)10-14-9(7)12-4-1;1-2-11-8-7-6(4-10-5-12-7)14-9-13(8)3-1;12*1-2/h1-7H;4*1-6H;1-5H;12*1-2H3/q6*+1;;;;;;;;;;;;. The highest BCUT2D eigenvalue weighted by atomic mass is 16.5. The smallest absolute Gasteiger partial charge is 0.521 e. The van der Waals surface area contributed by atoms with Gasteiger partial charge in [-0.2, -0.15) is 0 Å². The van der Waals surface area contributed by atoms with Crippen LogP contribution in [0.1, 0.15) is 166 Å². The van der Waals surface area contributed by atoms with Crippen LogP contribution in [-0.2, 0) is 0 Å². The van der Waals surface area contributed by atoms with E-state index in [1.807, 2.05) is 318 Å². The van der Waals surface area contributed by atoms with Gasteiger partial charge in [0.05, 0.1) is 49.6 Å². The SMILES string of the molecule is CC.CC.CC.CC.CC.CC.CC.CC.CC.CC.CC.CC.[B]1Oc2ccccc2-c2nccc[n+]21.[B]1Oc2cccnc2-c2nccc[n+]21.[B]1Oc2ccncc2-c2nccc[n+]21.[B]1Oc2cnccc2-c2nccc[n+]21.[B]1Oc2cncnc2-c2nccc[n+]21.[B]1Oc2ncccc2-c2nccc[n+]21. The van der Waals surface area contributed by atoms with Crippen molar-refractivity contribution in [2.75, 3.05) is 0 Å². The minimum Gasteiger partial charge on any atom is -0.521 e. The van der Waals surface area contributed by atoms with Gasteiger partial charge in [0, 0.05) is 67.4 Å². The van der Waals surface area contributed by atoms with Gasteiger partial charge >= 0.3 is 80.6 Å². The van der Waals surface area contributed by atoms with Crippen LogP contribution in [0.25, 0.3) is 68.6 Å². The van der Waals surface area contributed by atoms with Crippen molar-refractivity contribution in [2.45, 2.75) is 166 Å². The molecule has 24 nitrogen and oxygen atoms in total. The van der Waals surface area contributed by atoms with Crippen LogP contribution in [0.5, 0.6) is 34.6 Å². The summed E-state index contributed by atoms with van der Waals surface area (Å²) >= 11 is 0. The number of hydrogen-bond donors (Lipinski definition) is 0. The summed E-state index contributed by atoms with van der Waals surface area (Å²) in [6, 6.07) is 30.2. The van der Waals surface area contributed by atoms with Gasteiger partial charge in [0.1, 0.15) is 88.8 Å². The number of aromatic nitrogens is 18. The Morgan fingerprint density at radius 2 is 0.537 bits per heavy atom. The summed E-state index contributed by atoms with van der Waals surface area (Å²) < 4.78 is 43.2. The lowest BCUT2D eigenvalue weighted by molar-refractivity contribution is -0.532. The molecule has 558 valence electrons. The maximum absolute atomic E-state index is 5.45. The summed E-state index contributed by atoms with van der Waals surface area (Å²) in [5.41, 5.74) is 5.30. The van der Waals surface area contributed by atoms with E-state index in [2.05, 4.69) is 59.8 Å². The predicted octanol–water partition coefficient (Wildman–Crippen LogP) is 13.5. The van der Waals surface area contributed by atoms with Crippen LogP contribution in [0.2, 0.25) is 0 Å². The first-order valence-electron chi connectivity index (χ1n) is 37.6. The lowest BCUT2D eigenvalue weighted by Crippen LogP contribution is -2.48. The van der Waals surface area contributed by atoms with Gasteiger partial charge in [-0.3, -0.25) is 36.8 Å². The first kappa shape index (κ1) is 94.6. The van der Waals surface area contributed by atoms with Crippen molar-refractivity contribution in [3.63, 3.8) is 0 Å². The lowest BCUT2D eigenvalue weighted by Gasteiger charge is -2.12. The molecule has 1 aromatic carbocycles. The maximum atomic E-state index is 5.45. The van der Waals surface area contributed by atoms with Gasteiger partial charge in [-0.05, 0) is 58.5 Å². The summed E-state index contributed by atoms with van der Waals surface area (Å²) in [5, 5.41) is 0. The largest absolute Gasteiger partial charge is 0.681 e. The quantitative estimate of drug-likeness (QED) is 0.128. The Labute approximate surface area is 647 Å². The molecule has 17 heterocycles. The van der Waals surface area contributed by atoms with E-state index in [1.165, 1.54) is 6.33 Å². The van der Waals surface area contributed by atoms with Crippen molar-refractivity contribution in [2.24, 2.45) is 0 Å². The predicted molar refractivity (Wildman–Crippen MR) is 433 cm³/mol. The molecule has 6 radical (unpaired) electrons. The molecule has 0 N–H and O–H groups in total. The number of fused-ring (bicyclic) bond motifs is 18. The third kappa shape index (κ3) is 27.2. The highest BCUT2D eigenvalue weighted by Gasteiger charge is 2.33.